The van der Waals surface area contributed by atoms with Gasteiger partial charge in [-0.2, -0.15) is 0 Å². The van der Waals surface area contributed by atoms with Crippen molar-refractivity contribution in [1.82, 2.24) is 5.32 Å². The summed E-state index contributed by atoms with van der Waals surface area (Å²) in [6, 6.07) is 15.1. The zero-order valence-corrected chi connectivity index (χ0v) is 20.8. The van der Waals surface area contributed by atoms with Gasteiger partial charge in [0.25, 0.3) is 5.91 Å². The van der Waals surface area contributed by atoms with Gasteiger partial charge in [0, 0.05) is 24.6 Å². The number of esters is 1. The second-order valence-electron chi connectivity index (χ2n) is 8.93. The maximum atomic E-state index is 13.1. The van der Waals surface area contributed by atoms with E-state index < -0.39 is 16.1 Å². The predicted molar refractivity (Wildman–Crippen MR) is 133 cm³/mol. The minimum atomic E-state index is -3.64. The van der Waals surface area contributed by atoms with Crippen LogP contribution in [0.2, 0.25) is 0 Å². The van der Waals surface area contributed by atoms with Crippen LogP contribution in [0.3, 0.4) is 0 Å². The largest absolute Gasteiger partial charge is 0.456 e. The van der Waals surface area contributed by atoms with E-state index in [1.807, 2.05) is 19.9 Å². The van der Waals surface area contributed by atoms with Crippen molar-refractivity contribution in [2.24, 2.45) is 5.92 Å². The first kappa shape index (κ1) is 25.5. The van der Waals surface area contributed by atoms with Gasteiger partial charge in [0.05, 0.1) is 17.5 Å². The molecule has 1 fully saturated rings. The number of carbonyl (C=O) groups excluding carboxylic acids is 2. The smallest absolute Gasteiger partial charge is 0.334 e. The molecule has 0 bridgehead atoms. The molecule has 1 aliphatic rings. The average molecular weight is 485 g/mol. The monoisotopic (exact) mass is 484 g/mol. The van der Waals surface area contributed by atoms with Gasteiger partial charge in [-0.05, 0) is 43.0 Å². The molecule has 1 saturated heterocycles. The van der Waals surface area contributed by atoms with Gasteiger partial charge in [-0.25, -0.2) is 13.2 Å². The Morgan fingerprint density at radius 1 is 1.18 bits per heavy atom. The third kappa shape index (κ3) is 6.26. The predicted octanol–water partition coefficient (Wildman–Crippen LogP) is 4.06. The van der Waals surface area contributed by atoms with E-state index in [1.165, 1.54) is 11.4 Å². The molecule has 0 unspecified atom stereocenters. The van der Waals surface area contributed by atoms with E-state index in [-0.39, 0.29) is 29.6 Å². The molecular weight excluding hydrogens is 452 g/mol. The number of nitrogens with one attached hydrogen (secondary N) is 1. The van der Waals surface area contributed by atoms with Gasteiger partial charge >= 0.3 is 5.97 Å². The number of hydrogen-bond acceptors (Lipinski definition) is 5. The lowest BCUT2D eigenvalue weighted by molar-refractivity contribution is -0.140. The van der Waals surface area contributed by atoms with Gasteiger partial charge < -0.3 is 10.1 Å². The average Bonchev–Trinajstić information content (AvgIpc) is 3.19. The fourth-order valence-corrected chi connectivity index (χ4v) is 5.21. The van der Waals surface area contributed by atoms with E-state index >= 15 is 0 Å². The highest BCUT2D eigenvalue weighted by atomic mass is 32.2. The van der Waals surface area contributed by atoms with Crippen molar-refractivity contribution in [3.8, 4) is 0 Å². The van der Waals surface area contributed by atoms with E-state index in [0.29, 0.717) is 35.2 Å². The van der Waals surface area contributed by atoms with Crippen LogP contribution in [0.5, 0.6) is 0 Å². The van der Waals surface area contributed by atoms with Gasteiger partial charge in [-0.3, -0.25) is 9.10 Å². The lowest BCUT2D eigenvalue weighted by Crippen LogP contribution is -2.44. The number of rotatable bonds is 9. The quantitative estimate of drug-likeness (QED) is 0.428. The van der Waals surface area contributed by atoms with E-state index in [4.69, 9.17) is 4.74 Å². The highest BCUT2D eigenvalue weighted by Gasteiger charge is 2.35. The summed E-state index contributed by atoms with van der Waals surface area (Å²) in [5.41, 5.74) is 2.03. The van der Waals surface area contributed by atoms with Crippen molar-refractivity contribution in [3.63, 3.8) is 0 Å². The van der Waals surface area contributed by atoms with Crippen molar-refractivity contribution < 1.29 is 22.7 Å². The number of sulfonamides is 1. The fraction of sp³-hybridized carbons (Fsp3) is 0.385. The van der Waals surface area contributed by atoms with Crippen molar-refractivity contribution in [1.29, 1.82) is 0 Å². The topological polar surface area (TPSA) is 92.8 Å². The van der Waals surface area contributed by atoms with Crippen molar-refractivity contribution in [2.45, 2.75) is 51.5 Å². The Balaban J connectivity index is 1.77. The number of anilines is 1. The number of cyclic esters (lactones) is 1. The number of ether oxygens (including phenoxy) is 1. The third-order valence-corrected chi connectivity index (χ3v) is 7.61. The van der Waals surface area contributed by atoms with Gasteiger partial charge in [0.15, 0.2) is 0 Å². The highest BCUT2D eigenvalue weighted by molar-refractivity contribution is 7.92. The number of amides is 1. The minimum absolute atomic E-state index is 0.141. The number of nitrogens with zero attached hydrogens (tertiary/aromatic N) is 1. The molecule has 0 spiro atoms. The molecule has 0 aliphatic carbocycles. The van der Waals surface area contributed by atoms with Crippen LogP contribution in [0.15, 0.2) is 66.2 Å². The van der Waals surface area contributed by atoms with Crippen molar-refractivity contribution in [2.75, 3.05) is 11.4 Å². The van der Waals surface area contributed by atoms with E-state index in [1.54, 1.807) is 61.5 Å². The number of hydrogen-bond donors (Lipinski definition) is 1. The molecule has 2 aromatic carbocycles. The van der Waals surface area contributed by atoms with E-state index in [2.05, 4.69) is 5.32 Å². The first-order valence-corrected chi connectivity index (χ1v) is 13.0. The second kappa shape index (κ2) is 10.9. The van der Waals surface area contributed by atoms with Crippen LogP contribution in [0, 0.1) is 5.92 Å². The Hall–Kier alpha value is -3.13. The summed E-state index contributed by atoms with van der Waals surface area (Å²) in [5.74, 6) is -0.550. The SMILES string of the molecule is C/C=C1\C[C@H]([C@H](CC(C)C)NC(=O)c2cccc(N(C)S(=O)(=O)Cc3ccccc3)c2)OC1=O. The van der Waals surface area contributed by atoms with Gasteiger partial charge in [0.1, 0.15) is 6.10 Å². The number of allylic oxidation sites excluding steroid dienone is 1. The zero-order valence-electron chi connectivity index (χ0n) is 20.0. The molecule has 2 aromatic rings. The molecule has 1 heterocycles. The van der Waals surface area contributed by atoms with Crippen LogP contribution in [0.1, 0.15) is 49.5 Å². The molecule has 0 saturated carbocycles. The van der Waals surface area contributed by atoms with Gasteiger partial charge in [-0.15, -0.1) is 0 Å². The molecule has 1 aliphatic heterocycles. The summed E-state index contributed by atoms with van der Waals surface area (Å²) < 4.78 is 32.5. The molecule has 0 aromatic heterocycles. The van der Waals surface area contributed by atoms with Crippen LogP contribution in [0.4, 0.5) is 5.69 Å². The first-order valence-electron chi connectivity index (χ1n) is 11.4. The molecular formula is C26H32N2O5S. The summed E-state index contributed by atoms with van der Waals surface area (Å²) in [6.07, 6.45) is 2.41. The summed E-state index contributed by atoms with van der Waals surface area (Å²) in [7, 11) is -2.16. The van der Waals surface area contributed by atoms with E-state index in [9.17, 15) is 18.0 Å². The van der Waals surface area contributed by atoms with Crippen molar-refractivity contribution in [3.05, 3.63) is 77.4 Å². The Kier molecular flexibility index (Phi) is 8.15. The molecule has 3 rings (SSSR count). The summed E-state index contributed by atoms with van der Waals surface area (Å²) in [6.45, 7) is 5.88. The Morgan fingerprint density at radius 2 is 1.88 bits per heavy atom. The van der Waals surface area contributed by atoms with Crippen LogP contribution in [0.25, 0.3) is 0 Å². The van der Waals surface area contributed by atoms with Crippen LogP contribution in [-0.2, 0) is 25.3 Å². The minimum Gasteiger partial charge on any atom is -0.456 e. The fourth-order valence-electron chi connectivity index (χ4n) is 3.96. The molecule has 1 N–H and O–H groups in total. The maximum absolute atomic E-state index is 13.1. The Bertz CT molecular complexity index is 1160. The maximum Gasteiger partial charge on any atom is 0.334 e. The molecule has 1 amide bonds. The van der Waals surface area contributed by atoms with Crippen LogP contribution in [-0.4, -0.2) is 39.5 Å². The molecule has 182 valence electrons. The normalized spacial score (nSPS) is 18.1. The highest BCUT2D eigenvalue weighted by Crippen LogP contribution is 2.26. The van der Waals surface area contributed by atoms with Crippen molar-refractivity contribution >= 4 is 27.6 Å². The molecule has 7 nitrogen and oxygen atoms in total. The Labute approximate surface area is 201 Å². The summed E-state index contributed by atoms with van der Waals surface area (Å²) in [5, 5.41) is 3.01. The number of carbonyl (C=O) groups is 2. The van der Waals surface area contributed by atoms with Gasteiger partial charge in [-0.1, -0.05) is 56.3 Å². The zero-order chi connectivity index (χ0) is 24.9. The summed E-state index contributed by atoms with van der Waals surface area (Å²) in [4.78, 5) is 25.1. The summed E-state index contributed by atoms with van der Waals surface area (Å²) >= 11 is 0. The molecule has 8 heteroatoms. The lowest BCUT2D eigenvalue weighted by atomic mass is 9.96. The van der Waals surface area contributed by atoms with E-state index in [0.717, 1.165) is 0 Å². The molecule has 34 heavy (non-hydrogen) atoms. The first-order chi connectivity index (χ1) is 16.1. The molecule has 0 radical (unpaired) electrons. The number of benzene rings is 2. The lowest BCUT2D eigenvalue weighted by Gasteiger charge is -2.25. The Morgan fingerprint density at radius 3 is 2.50 bits per heavy atom. The third-order valence-electron chi connectivity index (χ3n) is 5.86. The molecule has 2 atom stereocenters. The van der Waals surface area contributed by atoms with Crippen LogP contribution >= 0.6 is 0 Å². The van der Waals surface area contributed by atoms with Gasteiger partial charge in [0.2, 0.25) is 10.0 Å². The second-order valence-corrected chi connectivity index (χ2v) is 10.9. The standard InChI is InChI=1S/C26H32N2O5S/c1-5-20-16-24(33-26(20)30)23(14-18(2)3)27-25(29)21-12-9-13-22(15-21)28(4)34(31,32)17-19-10-7-6-8-11-19/h5-13,15,18,23-24H,14,16-17H2,1-4H3,(H,27,29)/b20-5+/t23-,24+/m0/s1. The van der Waals surface area contributed by atoms with Crippen LogP contribution < -0.4 is 9.62 Å².